The lowest BCUT2D eigenvalue weighted by Gasteiger charge is -2.06. The van der Waals surface area contributed by atoms with Crippen LogP contribution < -0.4 is 11.1 Å². The predicted molar refractivity (Wildman–Crippen MR) is 92.0 cm³/mol. The van der Waals surface area contributed by atoms with Gasteiger partial charge in [-0.3, -0.25) is 4.79 Å². The van der Waals surface area contributed by atoms with E-state index in [-0.39, 0.29) is 17.2 Å². The number of nitrogens with one attached hydrogen (secondary N) is 1. The number of nitrogens with two attached hydrogens (primary N) is 1. The second kappa shape index (κ2) is 6.98. The van der Waals surface area contributed by atoms with E-state index in [1.54, 1.807) is 0 Å². The van der Waals surface area contributed by atoms with Gasteiger partial charge in [0.1, 0.15) is 0 Å². The van der Waals surface area contributed by atoms with Crippen LogP contribution in [-0.2, 0) is 6.54 Å². The summed E-state index contributed by atoms with van der Waals surface area (Å²) in [5.74, 6) is -2.66. The third-order valence-electron chi connectivity index (χ3n) is 3.41. The monoisotopic (exact) mass is 407 g/mol. The molecule has 0 saturated carbocycles. The summed E-state index contributed by atoms with van der Waals surface area (Å²) in [4.78, 5) is 12.2. The van der Waals surface area contributed by atoms with E-state index in [2.05, 4.69) is 31.6 Å². The standard InChI is InChI=1S/C16H12BrF2N5O/c17-10-3-1-9(2-4-10)8-24-15(20)14(22-23-24)16(25)21-11-5-6-12(18)13(19)7-11/h1-7H,8,20H2,(H,21,25). The smallest absolute Gasteiger partial charge is 0.280 e. The third kappa shape index (κ3) is 3.82. The fourth-order valence-electron chi connectivity index (χ4n) is 2.13. The summed E-state index contributed by atoms with van der Waals surface area (Å²) in [7, 11) is 0. The number of nitrogens with zero attached hydrogens (tertiary/aromatic N) is 3. The number of carbonyl (C=O) groups excluding carboxylic acids is 1. The highest BCUT2D eigenvalue weighted by Crippen LogP contribution is 2.17. The Kier molecular flexibility index (Phi) is 4.75. The summed E-state index contributed by atoms with van der Waals surface area (Å²) in [6, 6.07) is 10.5. The van der Waals surface area contributed by atoms with Crippen LogP contribution in [0.2, 0.25) is 0 Å². The van der Waals surface area contributed by atoms with Crippen LogP contribution in [0.3, 0.4) is 0 Å². The van der Waals surface area contributed by atoms with E-state index in [0.29, 0.717) is 6.54 Å². The number of hydrogen-bond acceptors (Lipinski definition) is 4. The number of anilines is 2. The largest absolute Gasteiger partial charge is 0.382 e. The fraction of sp³-hybridized carbons (Fsp3) is 0.0625. The Labute approximate surface area is 149 Å². The van der Waals surface area contributed by atoms with Gasteiger partial charge >= 0.3 is 0 Å². The molecule has 0 unspecified atom stereocenters. The molecule has 0 bridgehead atoms. The Hall–Kier alpha value is -2.81. The van der Waals surface area contributed by atoms with Gasteiger partial charge in [-0.15, -0.1) is 5.10 Å². The molecule has 0 aliphatic rings. The van der Waals surface area contributed by atoms with Crippen molar-refractivity contribution in [3.63, 3.8) is 0 Å². The summed E-state index contributed by atoms with van der Waals surface area (Å²) in [5, 5.41) is 10.0. The van der Waals surface area contributed by atoms with Gasteiger partial charge in [-0.1, -0.05) is 33.3 Å². The van der Waals surface area contributed by atoms with Gasteiger partial charge < -0.3 is 11.1 Å². The molecule has 0 atom stereocenters. The first-order chi connectivity index (χ1) is 11.9. The summed E-state index contributed by atoms with van der Waals surface area (Å²) < 4.78 is 28.4. The van der Waals surface area contributed by atoms with Crippen LogP contribution in [0.25, 0.3) is 0 Å². The highest BCUT2D eigenvalue weighted by molar-refractivity contribution is 9.10. The maximum absolute atomic E-state index is 13.2. The van der Waals surface area contributed by atoms with Crippen LogP contribution in [0.15, 0.2) is 46.9 Å². The minimum absolute atomic E-state index is 0.0722. The highest BCUT2D eigenvalue weighted by Gasteiger charge is 2.18. The van der Waals surface area contributed by atoms with E-state index in [9.17, 15) is 13.6 Å². The molecule has 3 rings (SSSR count). The minimum Gasteiger partial charge on any atom is -0.382 e. The van der Waals surface area contributed by atoms with Crippen molar-refractivity contribution in [2.45, 2.75) is 6.54 Å². The summed E-state index contributed by atoms with van der Waals surface area (Å²) >= 11 is 3.35. The zero-order valence-corrected chi connectivity index (χ0v) is 14.3. The summed E-state index contributed by atoms with van der Waals surface area (Å²) in [5.41, 5.74) is 6.84. The highest BCUT2D eigenvalue weighted by atomic mass is 79.9. The second-order valence-electron chi connectivity index (χ2n) is 5.19. The lowest BCUT2D eigenvalue weighted by Crippen LogP contribution is -2.15. The molecular weight excluding hydrogens is 396 g/mol. The number of amides is 1. The van der Waals surface area contributed by atoms with E-state index >= 15 is 0 Å². The zero-order valence-electron chi connectivity index (χ0n) is 12.7. The molecule has 3 aromatic rings. The minimum atomic E-state index is -1.07. The normalized spacial score (nSPS) is 10.7. The molecule has 3 N–H and O–H groups in total. The van der Waals surface area contributed by atoms with Gasteiger partial charge in [-0.05, 0) is 29.8 Å². The Bertz CT molecular complexity index is 927. The molecule has 0 aliphatic carbocycles. The predicted octanol–water partition coefficient (Wildman–Crippen LogP) is 3.20. The maximum Gasteiger partial charge on any atom is 0.280 e. The second-order valence-corrected chi connectivity index (χ2v) is 6.11. The molecule has 2 aromatic carbocycles. The van der Waals surface area contributed by atoms with Gasteiger partial charge in [0.05, 0.1) is 6.54 Å². The van der Waals surface area contributed by atoms with Crippen molar-refractivity contribution < 1.29 is 13.6 Å². The molecule has 0 fully saturated rings. The molecule has 0 radical (unpaired) electrons. The quantitative estimate of drug-likeness (QED) is 0.695. The molecule has 6 nitrogen and oxygen atoms in total. The molecule has 1 heterocycles. The van der Waals surface area contributed by atoms with E-state index in [0.717, 1.165) is 22.2 Å². The van der Waals surface area contributed by atoms with Crippen molar-refractivity contribution in [3.05, 3.63) is 69.8 Å². The van der Waals surface area contributed by atoms with E-state index in [4.69, 9.17) is 5.73 Å². The molecule has 0 saturated heterocycles. The van der Waals surface area contributed by atoms with E-state index < -0.39 is 17.5 Å². The van der Waals surface area contributed by atoms with Crippen molar-refractivity contribution >= 4 is 33.3 Å². The molecule has 1 amide bonds. The number of rotatable bonds is 4. The van der Waals surface area contributed by atoms with E-state index in [1.165, 1.54) is 10.7 Å². The number of halogens is 3. The number of aromatic nitrogens is 3. The van der Waals surface area contributed by atoms with Gasteiger partial charge in [0.25, 0.3) is 5.91 Å². The zero-order chi connectivity index (χ0) is 18.0. The lowest BCUT2D eigenvalue weighted by atomic mass is 10.2. The van der Waals surface area contributed by atoms with Crippen molar-refractivity contribution in [2.75, 3.05) is 11.1 Å². The third-order valence-corrected chi connectivity index (χ3v) is 3.94. The molecule has 0 spiro atoms. The number of benzene rings is 2. The number of hydrogen-bond donors (Lipinski definition) is 2. The van der Waals surface area contributed by atoms with Crippen LogP contribution in [0.1, 0.15) is 16.1 Å². The van der Waals surface area contributed by atoms with Crippen LogP contribution in [0.5, 0.6) is 0 Å². The van der Waals surface area contributed by atoms with Crippen LogP contribution >= 0.6 is 15.9 Å². The summed E-state index contributed by atoms with van der Waals surface area (Å²) in [6.45, 7) is 0.338. The van der Waals surface area contributed by atoms with Crippen molar-refractivity contribution in [1.29, 1.82) is 0 Å². The summed E-state index contributed by atoms with van der Waals surface area (Å²) in [6.07, 6.45) is 0. The Morgan fingerprint density at radius 1 is 1.16 bits per heavy atom. The van der Waals surface area contributed by atoms with Gasteiger partial charge in [-0.25, -0.2) is 13.5 Å². The van der Waals surface area contributed by atoms with Gasteiger partial charge in [-0.2, -0.15) is 0 Å². The molecule has 25 heavy (non-hydrogen) atoms. The molecule has 9 heteroatoms. The van der Waals surface area contributed by atoms with Gasteiger partial charge in [0.2, 0.25) is 0 Å². The Morgan fingerprint density at radius 3 is 2.56 bits per heavy atom. The first-order valence-electron chi connectivity index (χ1n) is 7.14. The average molecular weight is 408 g/mol. The van der Waals surface area contributed by atoms with Gasteiger partial charge in [0.15, 0.2) is 23.1 Å². The number of carbonyl (C=O) groups is 1. The molecule has 0 aliphatic heterocycles. The lowest BCUT2D eigenvalue weighted by molar-refractivity contribution is 0.102. The molecular formula is C16H12BrF2N5O. The van der Waals surface area contributed by atoms with Crippen LogP contribution in [0.4, 0.5) is 20.3 Å². The van der Waals surface area contributed by atoms with E-state index in [1.807, 2.05) is 24.3 Å². The fourth-order valence-corrected chi connectivity index (χ4v) is 2.39. The Balaban J connectivity index is 1.76. The topological polar surface area (TPSA) is 85.8 Å². The SMILES string of the molecule is Nc1c(C(=O)Nc2ccc(F)c(F)c2)nnn1Cc1ccc(Br)cc1. The van der Waals surface area contributed by atoms with Crippen molar-refractivity contribution in [2.24, 2.45) is 0 Å². The average Bonchev–Trinajstić information content (AvgIpc) is 2.94. The van der Waals surface area contributed by atoms with Crippen LogP contribution in [-0.4, -0.2) is 20.9 Å². The van der Waals surface area contributed by atoms with Crippen molar-refractivity contribution in [3.8, 4) is 0 Å². The Morgan fingerprint density at radius 2 is 1.88 bits per heavy atom. The van der Waals surface area contributed by atoms with Crippen LogP contribution in [0, 0.1) is 11.6 Å². The first kappa shape index (κ1) is 17.0. The van der Waals surface area contributed by atoms with Crippen molar-refractivity contribution in [1.82, 2.24) is 15.0 Å². The number of nitrogen functional groups attached to an aromatic ring is 1. The molecule has 1 aromatic heterocycles. The molecule has 128 valence electrons. The van der Waals surface area contributed by atoms with Gasteiger partial charge in [0, 0.05) is 16.2 Å². The maximum atomic E-state index is 13.2. The first-order valence-corrected chi connectivity index (χ1v) is 7.93.